The fourth-order valence-electron chi connectivity index (χ4n) is 2.90. The molecule has 0 aliphatic carbocycles. The number of halogens is 1. The molecule has 1 aromatic carbocycles. The van der Waals surface area contributed by atoms with Crippen LogP contribution in [0.4, 0.5) is 11.4 Å². The zero-order chi connectivity index (χ0) is 13.6. The summed E-state index contributed by atoms with van der Waals surface area (Å²) in [4.78, 5) is 13.8. The Hall–Kier alpha value is -1.07. The third kappa shape index (κ3) is 2.25. The first kappa shape index (κ1) is 12.9. The second-order valence-electron chi connectivity index (χ2n) is 5.48. The van der Waals surface area contributed by atoms with Gasteiger partial charge in [-0.15, -0.1) is 0 Å². The molecule has 1 aromatic rings. The van der Waals surface area contributed by atoms with Crippen LogP contribution >= 0.6 is 15.9 Å². The summed E-state index contributed by atoms with van der Waals surface area (Å²) < 4.78 is 0.941. The molecule has 0 radical (unpaired) electrons. The molecule has 102 valence electrons. The van der Waals surface area contributed by atoms with Gasteiger partial charge in [0.15, 0.2) is 6.10 Å². The van der Waals surface area contributed by atoms with Crippen molar-refractivity contribution >= 4 is 33.2 Å². The summed E-state index contributed by atoms with van der Waals surface area (Å²) in [7, 11) is 0. The van der Waals surface area contributed by atoms with E-state index in [0.717, 1.165) is 28.9 Å². The lowest BCUT2D eigenvalue weighted by atomic mass is 9.99. The van der Waals surface area contributed by atoms with E-state index in [1.165, 1.54) is 12.8 Å². The number of carbonyl (C=O) groups is 1. The smallest absolute Gasteiger partial charge is 0.257 e. The minimum atomic E-state index is -1.04. The van der Waals surface area contributed by atoms with Crippen LogP contribution < -0.4 is 10.2 Å². The van der Waals surface area contributed by atoms with Crippen LogP contribution in [0.2, 0.25) is 0 Å². The van der Waals surface area contributed by atoms with Crippen LogP contribution in [0.1, 0.15) is 31.4 Å². The van der Waals surface area contributed by atoms with Crippen molar-refractivity contribution in [1.29, 1.82) is 0 Å². The van der Waals surface area contributed by atoms with Crippen molar-refractivity contribution < 1.29 is 9.90 Å². The molecule has 2 atom stereocenters. The predicted octanol–water partition coefficient (Wildman–Crippen LogP) is 2.67. The van der Waals surface area contributed by atoms with Gasteiger partial charge in [-0.2, -0.15) is 0 Å². The normalized spacial score (nSPS) is 26.3. The van der Waals surface area contributed by atoms with Gasteiger partial charge in [0.1, 0.15) is 0 Å². The number of aliphatic hydroxyl groups excluding tert-OH is 1. The highest BCUT2D eigenvalue weighted by atomic mass is 79.9. The van der Waals surface area contributed by atoms with E-state index >= 15 is 0 Å². The number of piperidine rings is 1. The fourth-order valence-corrected chi connectivity index (χ4v) is 3.52. The molecule has 2 N–H and O–H groups in total. The van der Waals surface area contributed by atoms with E-state index in [2.05, 4.69) is 33.1 Å². The quantitative estimate of drug-likeness (QED) is 0.835. The number of amides is 1. The minimum Gasteiger partial charge on any atom is -0.378 e. The van der Waals surface area contributed by atoms with Gasteiger partial charge in [-0.25, -0.2) is 0 Å². The van der Waals surface area contributed by atoms with Crippen molar-refractivity contribution in [2.75, 3.05) is 23.3 Å². The Morgan fingerprint density at radius 1 is 1.47 bits per heavy atom. The molecule has 3 rings (SSSR count). The molecule has 2 unspecified atom stereocenters. The molecule has 0 aromatic heterocycles. The molecular formula is C14H17BrN2O2. The van der Waals surface area contributed by atoms with Crippen LogP contribution in [0, 0.1) is 5.92 Å². The van der Waals surface area contributed by atoms with Gasteiger partial charge in [0.2, 0.25) is 0 Å². The fraction of sp³-hybridized carbons (Fsp3) is 0.500. The number of hydrogen-bond acceptors (Lipinski definition) is 3. The molecule has 1 amide bonds. The summed E-state index contributed by atoms with van der Waals surface area (Å²) >= 11 is 3.56. The van der Waals surface area contributed by atoms with E-state index in [0.29, 0.717) is 11.5 Å². The molecule has 2 aliphatic rings. The van der Waals surface area contributed by atoms with Crippen molar-refractivity contribution in [3.63, 3.8) is 0 Å². The highest BCUT2D eigenvalue weighted by Gasteiger charge is 2.30. The average Bonchev–Trinajstić information content (AvgIpc) is 2.65. The summed E-state index contributed by atoms with van der Waals surface area (Å²) in [6.07, 6.45) is 1.43. The van der Waals surface area contributed by atoms with Crippen LogP contribution in [-0.4, -0.2) is 24.1 Å². The monoisotopic (exact) mass is 324 g/mol. The summed E-state index contributed by atoms with van der Waals surface area (Å²) in [6, 6.07) is 3.82. The Kier molecular flexibility index (Phi) is 3.27. The van der Waals surface area contributed by atoms with Crippen molar-refractivity contribution in [3.05, 3.63) is 22.2 Å². The number of nitrogens with one attached hydrogen (secondary N) is 1. The van der Waals surface area contributed by atoms with E-state index in [9.17, 15) is 9.90 Å². The molecule has 0 spiro atoms. The second-order valence-corrected chi connectivity index (χ2v) is 6.33. The maximum absolute atomic E-state index is 11.5. The Morgan fingerprint density at radius 2 is 2.26 bits per heavy atom. The molecule has 19 heavy (non-hydrogen) atoms. The third-order valence-electron chi connectivity index (χ3n) is 3.92. The van der Waals surface area contributed by atoms with E-state index in [4.69, 9.17) is 0 Å². The van der Waals surface area contributed by atoms with Gasteiger partial charge in [0.25, 0.3) is 5.91 Å². The maximum atomic E-state index is 11.5. The molecule has 0 saturated carbocycles. The molecule has 2 heterocycles. The molecule has 5 heteroatoms. The Bertz CT molecular complexity index is 532. The van der Waals surface area contributed by atoms with E-state index in [1.54, 1.807) is 0 Å². The SMILES string of the molecule is CC1CCCN(c2cc3c(cc2Br)C(O)C(=O)N3)C1. The first-order valence-electron chi connectivity index (χ1n) is 6.63. The minimum absolute atomic E-state index is 0.342. The van der Waals surface area contributed by atoms with Crippen molar-refractivity contribution in [2.24, 2.45) is 5.92 Å². The van der Waals surface area contributed by atoms with Gasteiger partial charge in [-0.1, -0.05) is 6.92 Å². The molecule has 0 bridgehead atoms. The van der Waals surface area contributed by atoms with Gasteiger partial charge in [0, 0.05) is 28.8 Å². The summed E-state index contributed by atoms with van der Waals surface area (Å²) in [5.74, 6) is 0.347. The number of rotatable bonds is 1. The Morgan fingerprint density at radius 3 is 3.00 bits per heavy atom. The summed E-state index contributed by atoms with van der Waals surface area (Å²) in [6.45, 7) is 4.34. The van der Waals surface area contributed by atoms with Crippen molar-refractivity contribution in [1.82, 2.24) is 0 Å². The number of benzene rings is 1. The standard InChI is InChI=1S/C14H17BrN2O2/c1-8-3-2-4-17(7-8)12-6-11-9(5-10(12)15)13(18)14(19)16-11/h5-6,8,13,18H,2-4,7H2,1H3,(H,16,19). The third-order valence-corrected chi connectivity index (χ3v) is 4.55. The van der Waals surface area contributed by atoms with E-state index < -0.39 is 6.10 Å². The van der Waals surface area contributed by atoms with Crippen LogP contribution in [0.25, 0.3) is 0 Å². The molecule has 1 saturated heterocycles. The van der Waals surface area contributed by atoms with Crippen LogP contribution in [0.15, 0.2) is 16.6 Å². The Labute approximate surface area is 120 Å². The number of nitrogens with zero attached hydrogens (tertiary/aromatic N) is 1. The van der Waals surface area contributed by atoms with Crippen LogP contribution in [0.3, 0.4) is 0 Å². The lowest BCUT2D eigenvalue weighted by Crippen LogP contribution is -2.34. The number of hydrogen-bond donors (Lipinski definition) is 2. The Balaban J connectivity index is 1.95. The van der Waals surface area contributed by atoms with Gasteiger partial charge in [-0.3, -0.25) is 4.79 Å². The predicted molar refractivity (Wildman–Crippen MR) is 78.3 cm³/mol. The van der Waals surface area contributed by atoms with Crippen molar-refractivity contribution in [3.8, 4) is 0 Å². The van der Waals surface area contributed by atoms with Gasteiger partial charge < -0.3 is 15.3 Å². The highest BCUT2D eigenvalue weighted by Crippen LogP contribution is 2.39. The zero-order valence-corrected chi connectivity index (χ0v) is 12.4. The lowest BCUT2D eigenvalue weighted by molar-refractivity contribution is -0.123. The van der Waals surface area contributed by atoms with Crippen molar-refractivity contribution in [2.45, 2.75) is 25.9 Å². The van der Waals surface area contributed by atoms with Gasteiger partial charge in [0.05, 0.1) is 5.69 Å². The van der Waals surface area contributed by atoms with E-state index in [1.807, 2.05) is 12.1 Å². The second kappa shape index (κ2) is 4.80. The van der Waals surface area contributed by atoms with Gasteiger partial charge >= 0.3 is 0 Å². The molecular weight excluding hydrogens is 308 g/mol. The first-order chi connectivity index (χ1) is 9.06. The summed E-state index contributed by atoms with van der Waals surface area (Å²) in [5, 5.41) is 12.5. The van der Waals surface area contributed by atoms with E-state index in [-0.39, 0.29) is 5.91 Å². The number of carbonyl (C=O) groups excluding carboxylic acids is 1. The molecule has 1 fully saturated rings. The first-order valence-corrected chi connectivity index (χ1v) is 7.43. The average molecular weight is 325 g/mol. The lowest BCUT2D eigenvalue weighted by Gasteiger charge is -2.33. The van der Waals surface area contributed by atoms with Crippen LogP contribution in [0.5, 0.6) is 0 Å². The van der Waals surface area contributed by atoms with Crippen LogP contribution in [-0.2, 0) is 4.79 Å². The maximum Gasteiger partial charge on any atom is 0.257 e. The largest absolute Gasteiger partial charge is 0.378 e. The number of fused-ring (bicyclic) bond motifs is 1. The zero-order valence-electron chi connectivity index (χ0n) is 10.8. The van der Waals surface area contributed by atoms with Gasteiger partial charge in [-0.05, 0) is 46.8 Å². The molecule has 2 aliphatic heterocycles. The highest BCUT2D eigenvalue weighted by molar-refractivity contribution is 9.10. The summed E-state index contributed by atoms with van der Waals surface area (Å²) in [5.41, 5.74) is 2.49. The number of anilines is 2. The number of aliphatic hydroxyl groups is 1. The molecule has 4 nitrogen and oxygen atoms in total. The topological polar surface area (TPSA) is 52.6 Å².